The summed E-state index contributed by atoms with van der Waals surface area (Å²) in [6.07, 6.45) is 16.8. The number of nitrogens with one attached hydrogen (secondary N) is 1. The van der Waals surface area contributed by atoms with Gasteiger partial charge in [-0.05, 0) is 32.2 Å². The van der Waals surface area contributed by atoms with E-state index >= 15 is 0 Å². The second kappa shape index (κ2) is 28.3. The van der Waals surface area contributed by atoms with Crippen LogP contribution in [0.2, 0.25) is 0 Å². The summed E-state index contributed by atoms with van der Waals surface area (Å²) in [5.74, 6) is -1.19. The Kier molecular flexibility index (Phi) is 27.1. The zero-order chi connectivity index (χ0) is 28.1. The van der Waals surface area contributed by atoms with Crippen LogP contribution in [0.5, 0.6) is 0 Å². The van der Waals surface area contributed by atoms with Gasteiger partial charge in [0.1, 0.15) is 19.8 Å². The molecular weight excluding hydrogens is 486 g/mol. The highest BCUT2D eigenvalue weighted by atomic mass is 16.6. The maximum absolute atomic E-state index is 12.2. The third-order valence-electron chi connectivity index (χ3n) is 6.43. The number of carbonyl (C=O) groups excluding carboxylic acids is 3. The van der Waals surface area contributed by atoms with Gasteiger partial charge in [0.05, 0.1) is 12.5 Å². The van der Waals surface area contributed by atoms with E-state index in [0.29, 0.717) is 25.8 Å². The number of hydrogen-bond acceptors (Lipinski definition) is 8. The van der Waals surface area contributed by atoms with Gasteiger partial charge in [0.2, 0.25) is 0 Å². The molecule has 0 atom stereocenters. The number of aliphatic hydroxyl groups is 1. The monoisotopic (exact) mass is 543 g/mol. The molecule has 38 heavy (non-hydrogen) atoms. The molecule has 0 radical (unpaired) electrons. The highest BCUT2D eigenvalue weighted by molar-refractivity contribution is 5.70. The average molecular weight is 544 g/mol. The summed E-state index contributed by atoms with van der Waals surface area (Å²) < 4.78 is 16.3. The summed E-state index contributed by atoms with van der Waals surface area (Å²) in [5, 5.41) is 11.9. The van der Waals surface area contributed by atoms with Gasteiger partial charge in [-0.3, -0.25) is 14.4 Å². The Morgan fingerprint density at radius 1 is 0.553 bits per heavy atom. The summed E-state index contributed by atoms with van der Waals surface area (Å²) in [4.78, 5) is 36.5. The Balaban J connectivity index is 4.34. The molecule has 0 amide bonds. The number of aliphatic hydroxyl groups excluding tert-OH is 1. The van der Waals surface area contributed by atoms with Gasteiger partial charge in [-0.2, -0.15) is 0 Å². The van der Waals surface area contributed by atoms with Gasteiger partial charge in [-0.1, -0.05) is 84.5 Å². The summed E-state index contributed by atoms with van der Waals surface area (Å²) in [7, 11) is 0. The topological polar surface area (TPSA) is 111 Å². The van der Waals surface area contributed by atoms with Gasteiger partial charge < -0.3 is 24.6 Å². The molecule has 0 rings (SSSR count). The Labute approximate surface area is 231 Å². The van der Waals surface area contributed by atoms with Crippen molar-refractivity contribution >= 4 is 17.9 Å². The SMILES string of the molecule is CCCCCCCCC(=O)OCC(COC(=O)CCCCCCCC)COC(=O)CCCCCNCCO. The van der Waals surface area contributed by atoms with E-state index < -0.39 is 0 Å². The molecule has 0 heterocycles. The number of unbranched alkanes of at least 4 members (excludes halogenated alkanes) is 12. The van der Waals surface area contributed by atoms with Crippen molar-refractivity contribution in [2.75, 3.05) is 39.5 Å². The van der Waals surface area contributed by atoms with E-state index in [1.165, 1.54) is 38.5 Å². The lowest BCUT2D eigenvalue weighted by molar-refractivity contribution is -0.153. The number of ether oxygens (including phenoxy) is 3. The van der Waals surface area contributed by atoms with Gasteiger partial charge in [-0.15, -0.1) is 0 Å². The fourth-order valence-electron chi connectivity index (χ4n) is 3.99. The number of esters is 3. The lowest BCUT2D eigenvalue weighted by atomic mass is 10.1. The van der Waals surface area contributed by atoms with E-state index in [0.717, 1.165) is 64.3 Å². The van der Waals surface area contributed by atoms with E-state index in [4.69, 9.17) is 19.3 Å². The summed E-state index contributed by atoms with van der Waals surface area (Å²) in [6, 6.07) is 0. The van der Waals surface area contributed by atoms with Gasteiger partial charge in [-0.25, -0.2) is 0 Å². The second-order valence-corrected chi connectivity index (χ2v) is 10.2. The lowest BCUT2D eigenvalue weighted by Gasteiger charge is -2.17. The molecule has 0 fully saturated rings. The average Bonchev–Trinajstić information content (AvgIpc) is 2.91. The Bertz CT molecular complexity index is 539. The quantitative estimate of drug-likeness (QED) is 0.0715. The predicted octanol–water partition coefficient (Wildman–Crippen LogP) is 5.88. The zero-order valence-electron chi connectivity index (χ0n) is 24.4. The van der Waals surface area contributed by atoms with Crippen molar-refractivity contribution in [2.45, 2.75) is 129 Å². The molecule has 8 heteroatoms. The normalized spacial score (nSPS) is 11.1. The summed E-state index contributed by atoms with van der Waals surface area (Å²) in [5.41, 5.74) is 0. The molecular formula is C30H57NO7. The minimum Gasteiger partial charge on any atom is -0.465 e. The van der Waals surface area contributed by atoms with Crippen LogP contribution in [0.3, 0.4) is 0 Å². The summed E-state index contributed by atoms with van der Waals surface area (Å²) in [6.45, 7) is 6.07. The first-order valence-corrected chi connectivity index (χ1v) is 15.3. The minimum atomic E-state index is -0.372. The predicted molar refractivity (Wildman–Crippen MR) is 151 cm³/mol. The van der Waals surface area contributed by atoms with Gasteiger partial charge in [0.15, 0.2) is 0 Å². The van der Waals surface area contributed by atoms with Crippen LogP contribution in [-0.2, 0) is 28.6 Å². The van der Waals surface area contributed by atoms with Crippen LogP contribution >= 0.6 is 0 Å². The van der Waals surface area contributed by atoms with Gasteiger partial charge in [0.25, 0.3) is 0 Å². The molecule has 0 saturated heterocycles. The van der Waals surface area contributed by atoms with E-state index in [1.807, 2.05) is 0 Å². The molecule has 0 unspecified atom stereocenters. The van der Waals surface area contributed by atoms with Gasteiger partial charge >= 0.3 is 17.9 Å². The first-order chi connectivity index (χ1) is 18.5. The smallest absolute Gasteiger partial charge is 0.305 e. The number of rotatable bonds is 28. The highest BCUT2D eigenvalue weighted by Gasteiger charge is 2.17. The van der Waals surface area contributed by atoms with Crippen molar-refractivity contribution in [1.82, 2.24) is 5.32 Å². The van der Waals surface area contributed by atoms with E-state index in [-0.39, 0.29) is 50.3 Å². The lowest BCUT2D eigenvalue weighted by Crippen LogP contribution is -2.26. The van der Waals surface area contributed by atoms with Crippen molar-refractivity contribution < 1.29 is 33.7 Å². The highest BCUT2D eigenvalue weighted by Crippen LogP contribution is 2.11. The second-order valence-electron chi connectivity index (χ2n) is 10.2. The molecule has 0 aromatic heterocycles. The van der Waals surface area contributed by atoms with Crippen molar-refractivity contribution in [2.24, 2.45) is 5.92 Å². The van der Waals surface area contributed by atoms with E-state index in [1.54, 1.807) is 0 Å². The Morgan fingerprint density at radius 2 is 0.921 bits per heavy atom. The van der Waals surface area contributed by atoms with Crippen molar-refractivity contribution in [3.05, 3.63) is 0 Å². The maximum Gasteiger partial charge on any atom is 0.305 e. The molecule has 0 bridgehead atoms. The van der Waals surface area contributed by atoms with Crippen molar-refractivity contribution in [3.63, 3.8) is 0 Å². The Hall–Kier alpha value is -1.67. The molecule has 2 N–H and O–H groups in total. The number of carbonyl (C=O) groups is 3. The van der Waals surface area contributed by atoms with Gasteiger partial charge in [0, 0.05) is 25.8 Å². The molecule has 0 aliphatic carbocycles. The standard InChI is InChI=1S/C30H57NO7/c1-3-5-7-9-11-14-18-28(33)36-24-27(25-37-29(34)19-15-12-10-8-6-4-2)26-38-30(35)20-16-13-17-21-31-22-23-32/h27,31-32H,3-26H2,1-2H3. The molecule has 8 nitrogen and oxygen atoms in total. The molecule has 0 aromatic rings. The first kappa shape index (κ1) is 36.3. The van der Waals surface area contributed by atoms with Crippen LogP contribution in [0.4, 0.5) is 0 Å². The van der Waals surface area contributed by atoms with Crippen LogP contribution < -0.4 is 5.32 Å². The fraction of sp³-hybridized carbons (Fsp3) is 0.900. The zero-order valence-corrected chi connectivity index (χ0v) is 24.4. The maximum atomic E-state index is 12.2. The molecule has 0 aromatic carbocycles. The Morgan fingerprint density at radius 3 is 1.32 bits per heavy atom. The van der Waals surface area contributed by atoms with Crippen LogP contribution in [-0.4, -0.2) is 62.5 Å². The van der Waals surface area contributed by atoms with E-state index in [9.17, 15) is 14.4 Å². The molecule has 0 saturated carbocycles. The van der Waals surface area contributed by atoms with Crippen molar-refractivity contribution in [1.29, 1.82) is 0 Å². The van der Waals surface area contributed by atoms with Crippen LogP contribution in [0.25, 0.3) is 0 Å². The molecule has 0 spiro atoms. The third-order valence-corrected chi connectivity index (χ3v) is 6.43. The fourth-order valence-corrected chi connectivity index (χ4v) is 3.99. The van der Waals surface area contributed by atoms with Crippen LogP contribution in [0.1, 0.15) is 129 Å². The largest absolute Gasteiger partial charge is 0.465 e. The van der Waals surface area contributed by atoms with E-state index in [2.05, 4.69) is 19.2 Å². The molecule has 0 aliphatic rings. The first-order valence-electron chi connectivity index (χ1n) is 15.3. The minimum absolute atomic E-state index is 0.0610. The summed E-state index contributed by atoms with van der Waals surface area (Å²) >= 11 is 0. The van der Waals surface area contributed by atoms with Crippen LogP contribution in [0.15, 0.2) is 0 Å². The van der Waals surface area contributed by atoms with Crippen LogP contribution in [0, 0.1) is 5.92 Å². The molecule has 0 aliphatic heterocycles. The number of hydrogen-bond donors (Lipinski definition) is 2. The van der Waals surface area contributed by atoms with Crippen molar-refractivity contribution in [3.8, 4) is 0 Å². The molecule has 224 valence electrons. The third kappa shape index (κ3) is 26.0.